The van der Waals surface area contributed by atoms with Crippen molar-refractivity contribution in [2.75, 3.05) is 34.2 Å². The van der Waals surface area contributed by atoms with Crippen LogP contribution >= 0.6 is 11.6 Å². The van der Waals surface area contributed by atoms with Gasteiger partial charge in [-0.15, -0.1) is 11.6 Å². The molecule has 0 fully saturated rings. The molecule has 4 heteroatoms. The van der Waals surface area contributed by atoms with Crippen LogP contribution in [-0.4, -0.2) is 55.3 Å². The third kappa shape index (κ3) is 4.57. The van der Waals surface area contributed by atoms with E-state index in [0.29, 0.717) is 0 Å². The van der Waals surface area contributed by atoms with E-state index < -0.39 is 5.38 Å². The van der Waals surface area contributed by atoms with Gasteiger partial charge in [-0.25, -0.2) is 0 Å². The molecule has 12 heavy (non-hydrogen) atoms. The molecule has 0 aromatic rings. The van der Waals surface area contributed by atoms with Crippen LogP contribution in [0.3, 0.4) is 0 Å². The predicted molar refractivity (Wildman–Crippen MR) is 51.5 cm³/mol. The molecule has 0 aliphatic rings. The summed E-state index contributed by atoms with van der Waals surface area (Å²) in [4.78, 5) is 14.9. The van der Waals surface area contributed by atoms with Crippen LogP contribution in [0.4, 0.5) is 0 Å². The summed E-state index contributed by atoms with van der Waals surface area (Å²) in [5.74, 6) is -0.0153. The van der Waals surface area contributed by atoms with Crippen molar-refractivity contribution in [3.05, 3.63) is 0 Å². The maximum absolute atomic E-state index is 11.2. The number of nitrogens with zero attached hydrogens (tertiary/aromatic N) is 2. The first-order valence-electron chi connectivity index (χ1n) is 3.99. The molecule has 0 rings (SSSR count). The monoisotopic (exact) mass is 192 g/mol. The molecule has 0 aromatic carbocycles. The summed E-state index contributed by atoms with van der Waals surface area (Å²) >= 11 is 5.63. The maximum Gasteiger partial charge on any atom is 0.240 e. The molecule has 1 unspecified atom stereocenters. The molecular formula is C8H17ClN2O. The van der Waals surface area contributed by atoms with Gasteiger partial charge in [0.1, 0.15) is 5.38 Å². The van der Waals surface area contributed by atoms with Gasteiger partial charge in [0.2, 0.25) is 5.91 Å². The lowest BCUT2D eigenvalue weighted by Crippen LogP contribution is -2.36. The van der Waals surface area contributed by atoms with E-state index >= 15 is 0 Å². The summed E-state index contributed by atoms with van der Waals surface area (Å²) in [6.07, 6.45) is 0. The van der Waals surface area contributed by atoms with Crippen LogP contribution in [0.25, 0.3) is 0 Å². The molecule has 0 saturated carbocycles. The molecular weight excluding hydrogens is 176 g/mol. The predicted octanol–water partition coefficient (Wildman–Crippen LogP) is 0.634. The number of halogens is 1. The highest BCUT2D eigenvalue weighted by Crippen LogP contribution is 1.98. The smallest absolute Gasteiger partial charge is 0.240 e. The summed E-state index contributed by atoms with van der Waals surface area (Å²) in [6.45, 7) is 3.28. The number of rotatable bonds is 4. The maximum atomic E-state index is 11.2. The summed E-state index contributed by atoms with van der Waals surface area (Å²) < 4.78 is 0. The minimum absolute atomic E-state index is 0.0153. The Hall–Kier alpha value is -0.280. The van der Waals surface area contributed by atoms with Crippen molar-refractivity contribution in [2.45, 2.75) is 12.3 Å². The number of likely N-dealkylation sites (N-methyl/N-ethyl adjacent to an activating group) is 2. The van der Waals surface area contributed by atoms with Crippen molar-refractivity contribution in [3.63, 3.8) is 0 Å². The van der Waals surface area contributed by atoms with E-state index in [1.54, 1.807) is 18.9 Å². The van der Waals surface area contributed by atoms with Crippen LogP contribution in [0, 0.1) is 0 Å². The van der Waals surface area contributed by atoms with Gasteiger partial charge in [-0.3, -0.25) is 4.79 Å². The minimum atomic E-state index is -0.419. The second-order valence-electron chi connectivity index (χ2n) is 3.18. The Morgan fingerprint density at radius 2 is 1.83 bits per heavy atom. The Kier molecular flexibility index (Phi) is 5.25. The zero-order valence-corrected chi connectivity index (χ0v) is 8.93. The van der Waals surface area contributed by atoms with Crippen molar-refractivity contribution in [1.29, 1.82) is 0 Å². The van der Waals surface area contributed by atoms with E-state index in [1.807, 2.05) is 19.0 Å². The summed E-state index contributed by atoms with van der Waals surface area (Å²) in [6, 6.07) is 0. The zero-order valence-electron chi connectivity index (χ0n) is 8.17. The van der Waals surface area contributed by atoms with Crippen LogP contribution in [0.15, 0.2) is 0 Å². The first-order chi connectivity index (χ1) is 5.45. The molecule has 0 aromatic heterocycles. The molecule has 1 atom stereocenters. The Morgan fingerprint density at radius 3 is 2.17 bits per heavy atom. The SMILES string of the molecule is CC(Cl)C(=O)N(C)CCN(C)C. The van der Waals surface area contributed by atoms with Crippen molar-refractivity contribution in [1.82, 2.24) is 9.80 Å². The van der Waals surface area contributed by atoms with Crippen LogP contribution in [0.2, 0.25) is 0 Å². The van der Waals surface area contributed by atoms with Gasteiger partial charge in [-0.05, 0) is 21.0 Å². The normalized spacial score (nSPS) is 13.2. The summed E-state index contributed by atoms with van der Waals surface area (Å²) in [7, 11) is 5.72. The Balaban J connectivity index is 3.72. The topological polar surface area (TPSA) is 23.6 Å². The molecule has 0 radical (unpaired) electrons. The fraction of sp³-hybridized carbons (Fsp3) is 0.875. The molecule has 1 amide bonds. The second kappa shape index (κ2) is 5.38. The fourth-order valence-electron chi connectivity index (χ4n) is 0.764. The van der Waals surface area contributed by atoms with Gasteiger partial charge < -0.3 is 9.80 Å². The highest BCUT2D eigenvalue weighted by Gasteiger charge is 2.13. The molecule has 0 aliphatic heterocycles. The van der Waals surface area contributed by atoms with Crippen LogP contribution in [0.1, 0.15) is 6.92 Å². The Labute approximate surface area is 79.3 Å². The van der Waals surface area contributed by atoms with E-state index in [2.05, 4.69) is 0 Å². The van der Waals surface area contributed by atoms with E-state index in [1.165, 1.54) is 0 Å². The fourth-order valence-corrected chi connectivity index (χ4v) is 0.930. The molecule has 72 valence electrons. The average molecular weight is 193 g/mol. The number of hydrogen-bond acceptors (Lipinski definition) is 2. The van der Waals surface area contributed by atoms with Gasteiger partial charge in [-0.1, -0.05) is 0 Å². The zero-order chi connectivity index (χ0) is 9.72. The van der Waals surface area contributed by atoms with Crippen LogP contribution < -0.4 is 0 Å². The van der Waals surface area contributed by atoms with Gasteiger partial charge in [0.15, 0.2) is 0 Å². The van der Waals surface area contributed by atoms with Gasteiger partial charge in [0.25, 0.3) is 0 Å². The molecule has 0 bridgehead atoms. The molecule has 0 saturated heterocycles. The highest BCUT2D eigenvalue weighted by atomic mass is 35.5. The number of carbonyl (C=O) groups is 1. The number of carbonyl (C=O) groups excluding carboxylic acids is 1. The highest BCUT2D eigenvalue weighted by molar-refractivity contribution is 6.30. The summed E-state index contributed by atoms with van der Waals surface area (Å²) in [5, 5.41) is -0.419. The van der Waals surface area contributed by atoms with Crippen molar-refractivity contribution >= 4 is 17.5 Å². The van der Waals surface area contributed by atoms with Crippen LogP contribution in [-0.2, 0) is 4.79 Å². The molecule has 0 spiro atoms. The third-order valence-electron chi connectivity index (χ3n) is 1.60. The van der Waals surface area contributed by atoms with Gasteiger partial charge in [0.05, 0.1) is 0 Å². The quantitative estimate of drug-likeness (QED) is 0.611. The standard InChI is InChI=1S/C8H17ClN2O/c1-7(9)8(12)11(4)6-5-10(2)3/h7H,5-6H2,1-4H3. The van der Waals surface area contributed by atoms with Crippen molar-refractivity contribution < 1.29 is 4.79 Å². The van der Waals surface area contributed by atoms with E-state index in [9.17, 15) is 4.79 Å². The summed E-state index contributed by atoms with van der Waals surface area (Å²) in [5.41, 5.74) is 0. The van der Waals surface area contributed by atoms with Gasteiger partial charge in [0, 0.05) is 20.1 Å². The van der Waals surface area contributed by atoms with Crippen LogP contribution in [0.5, 0.6) is 0 Å². The number of alkyl halides is 1. The largest absolute Gasteiger partial charge is 0.343 e. The van der Waals surface area contributed by atoms with Gasteiger partial charge in [-0.2, -0.15) is 0 Å². The first-order valence-corrected chi connectivity index (χ1v) is 4.42. The van der Waals surface area contributed by atoms with Crippen molar-refractivity contribution in [3.8, 4) is 0 Å². The molecule has 0 aliphatic carbocycles. The Bertz CT molecular complexity index is 148. The van der Waals surface area contributed by atoms with E-state index in [0.717, 1.165) is 13.1 Å². The number of hydrogen-bond donors (Lipinski definition) is 0. The first kappa shape index (κ1) is 11.7. The lowest BCUT2D eigenvalue weighted by molar-refractivity contribution is -0.129. The Morgan fingerprint density at radius 1 is 1.33 bits per heavy atom. The molecule has 0 N–H and O–H groups in total. The van der Waals surface area contributed by atoms with E-state index in [-0.39, 0.29) is 5.91 Å². The van der Waals surface area contributed by atoms with Crippen molar-refractivity contribution in [2.24, 2.45) is 0 Å². The van der Waals surface area contributed by atoms with E-state index in [4.69, 9.17) is 11.6 Å². The van der Waals surface area contributed by atoms with Gasteiger partial charge >= 0.3 is 0 Å². The average Bonchev–Trinajstić information content (AvgIpc) is 1.98. The molecule has 0 heterocycles. The minimum Gasteiger partial charge on any atom is -0.343 e. The lowest BCUT2D eigenvalue weighted by Gasteiger charge is -2.20. The lowest BCUT2D eigenvalue weighted by atomic mass is 10.4. The third-order valence-corrected chi connectivity index (χ3v) is 1.79. The second-order valence-corrected chi connectivity index (χ2v) is 3.83. The molecule has 3 nitrogen and oxygen atoms in total. The number of amides is 1.